The molecule has 1 aliphatic rings. The van der Waals surface area contributed by atoms with Gasteiger partial charge in [0.2, 0.25) is 0 Å². The SMILES string of the molecule is O=C(Nc1ccc(C(=O)N2Cc3ccc(Cl)n3Cc3ccccc32)cc1)c1ccccc1F. The second-order valence-electron chi connectivity index (χ2n) is 7.76. The second kappa shape index (κ2) is 8.56. The van der Waals surface area contributed by atoms with Gasteiger partial charge in [0.25, 0.3) is 11.8 Å². The summed E-state index contributed by atoms with van der Waals surface area (Å²) in [5, 5.41) is 3.29. The third-order valence-electron chi connectivity index (χ3n) is 5.70. The van der Waals surface area contributed by atoms with Gasteiger partial charge < -0.3 is 14.8 Å². The number of fused-ring (bicyclic) bond motifs is 2. The molecule has 0 fully saturated rings. The molecule has 1 aliphatic heterocycles. The van der Waals surface area contributed by atoms with E-state index >= 15 is 0 Å². The Morgan fingerprint density at radius 3 is 2.36 bits per heavy atom. The predicted octanol–water partition coefficient (Wildman–Crippen LogP) is 5.74. The molecule has 164 valence electrons. The van der Waals surface area contributed by atoms with Gasteiger partial charge in [-0.15, -0.1) is 0 Å². The molecule has 0 saturated heterocycles. The van der Waals surface area contributed by atoms with Crippen molar-refractivity contribution in [1.29, 1.82) is 0 Å². The number of nitrogens with zero attached hydrogens (tertiary/aromatic N) is 2. The van der Waals surface area contributed by atoms with Gasteiger partial charge in [0.1, 0.15) is 11.0 Å². The van der Waals surface area contributed by atoms with Gasteiger partial charge in [0, 0.05) is 22.6 Å². The Balaban J connectivity index is 1.40. The summed E-state index contributed by atoms with van der Waals surface area (Å²) >= 11 is 6.36. The number of carbonyl (C=O) groups is 2. The lowest BCUT2D eigenvalue weighted by Gasteiger charge is -2.23. The molecule has 5 rings (SSSR count). The van der Waals surface area contributed by atoms with E-state index in [0.29, 0.717) is 29.5 Å². The van der Waals surface area contributed by atoms with Crippen molar-refractivity contribution in [2.24, 2.45) is 0 Å². The Morgan fingerprint density at radius 2 is 1.58 bits per heavy atom. The molecular formula is C26H19ClFN3O2. The lowest BCUT2D eigenvalue weighted by Crippen LogP contribution is -2.30. The van der Waals surface area contributed by atoms with Crippen molar-refractivity contribution in [2.45, 2.75) is 13.1 Å². The van der Waals surface area contributed by atoms with E-state index in [1.54, 1.807) is 35.2 Å². The fourth-order valence-corrected chi connectivity index (χ4v) is 4.23. The minimum Gasteiger partial charge on any atom is -0.330 e. The van der Waals surface area contributed by atoms with Crippen LogP contribution in [0.3, 0.4) is 0 Å². The Bertz CT molecular complexity index is 1360. The molecule has 0 radical (unpaired) electrons. The number of rotatable bonds is 3. The number of hydrogen-bond acceptors (Lipinski definition) is 2. The lowest BCUT2D eigenvalue weighted by atomic mass is 10.1. The monoisotopic (exact) mass is 459 g/mol. The largest absolute Gasteiger partial charge is 0.330 e. The van der Waals surface area contributed by atoms with E-state index in [9.17, 15) is 14.0 Å². The van der Waals surface area contributed by atoms with Crippen molar-refractivity contribution in [1.82, 2.24) is 4.57 Å². The van der Waals surface area contributed by atoms with Gasteiger partial charge in [-0.25, -0.2) is 4.39 Å². The molecule has 1 N–H and O–H groups in total. The molecule has 0 unspecified atom stereocenters. The van der Waals surface area contributed by atoms with Crippen LogP contribution in [0, 0.1) is 5.82 Å². The Kier molecular flexibility index (Phi) is 5.44. The highest BCUT2D eigenvalue weighted by Crippen LogP contribution is 2.31. The van der Waals surface area contributed by atoms with E-state index in [1.807, 2.05) is 41.0 Å². The highest BCUT2D eigenvalue weighted by molar-refractivity contribution is 6.29. The summed E-state index contributed by atoms with van der Waals surface area (Å²) in [6, 6.07) is 23.9. The van der Waals surface area contributed by atoms with Crippen LogP contribution >= 0.6 is 11.6 Å². The predicted molar refractivity (Wildman–Crippen MR) is 126 cm³/mol. The van der Waals surface area contributed by atoms with Crippen LogP contribution < -0.4 is 10.2 Å². The first-order valence-electron chi connectivity index (χ1n) is 10.4. The van der Waals surface area contributed by atoms with Crippen molar-refractivity contribution in [3.8, 4) is 0 Å². The molecule has 4 aromatic rings. The quantitative estimate of drug-likeness (QED) is 0.424. The zero-order valence-electron chi connectivity index (χ0n) is 17.5. The number of para-hydroxylation sites is 1. The van der Waals surface area contributed by atoms with Crippen molar-refractivity contribution in [3.05, 3.63) is 118 Å². The summed E-state index contributed by atoms with van der Waals surface area (Å²) in [6.07, 6.45) is 0. The molecule has 0 saturated carbocycles. The summed E-state index contributed by atoms with van der Waals surface area (Å²) in [5.41, 5.74) is 3.67. The number of hydrogen-bond donors (Lipinski definition) is 1. The first kappa shape index (κ1) is 21.0. The van der Waals surface area contributed by atoms with Crippen molar-refractivity contribution in [2.75, 3.05) is 10.2 Å². The van der Waals surface area contributed by atoms with Gasteiger partial charge in [-0.3, -0.25) is 9.59 Å². The van der Waals surface area contributed by atoms with E-state index in [1.165, 1.54) is 18.2 Å². The normalized spacial score (nSPS) is 12.5. The molecule has 1 aromatic heterocycles. The maximum atomic E-state index is 13.9. The average molecular weight is 460 g/mol. The highest BCUT2D eigenvalue weighted by Gasteiger charge is 2.25. The smallest absolute Gasteiger partial charge is 0.258 e. The molecule has 2 amide bonds. The van der Waals surface area contributed by atoms with Crippen molar-refractivity contribution in [3.63, 3.8) is 0 Å². The van der Waals surface area contributed by atoms with Crippen LogP contribution in [0.2, 0.25) is 5.15 Å². The van der Waals surface area contributed by atoms with Crippen LogP contribution in [0.1, 0.15) is 32.0 Å². The van der Waals surface area contributed by atoms with Crippen LogP contribution in [0.15, 0.2) is 84.9 Å². The maximum Gasteiger partial charge on any atom is 0.258 e. The minimum atomic E-state index is -0.591. The first-order valence-corrected chi connectivity index (χ1v) is 10.8. The van der Waals surface area contributed by atoms with Gasteiger partial charge >= 0.3 is 0 Å². The number of benzene rings is 3. The molecule has 3 aromatic carbocycles. The van der Waals surface area contributed by atoms with E-state index in [2.05, 4.69) is 5.32 Å². The van der Waals surface area contributed by atoms with Crippen LogP contribution in [-0.2, 0) is 13.1 Å². The highest BCUT2D eigenvalue weighted by atomic mass is 35.5. The summed E-state index contributed by atoms with van der Waals surface area (Å²) in [6.45, 7) is 0.969. The van der Waals surface area contributed by atoms with E-state index in [-0.39, 0.29) is 11.5 Å². The number of anilines is 2. The average Bonchev–Trinajstić information content (AvgIpc) is 3.07. The van der Waals surface area contributed by atoms with Gasteiger partial charge in [-0.1, -0.05) is 41.9 Å². The number of nitrogens with one attached hydrogen (secondary N) is 1. The zero-order valence-corrected chi connectivity index (χ0v) is 18.2. The van der Waals surface area contributed by atoms with E-state index in [0.717, 1.165) is 16.9 Å². The molecule has 33 heavy (non-hydrogen) atoms. The third-order valence-corrected chi connectivity index (χ3v) is 6.03. The topological polar surface area (TPSA) is 54.3 Å². The van der Waals surface area contributed by atoms with E-state index < -0.39 is 11.7 Å². The van der Waals surface area contributed by atoms with Crippen molar-refractivity contribution < 1.29 is 14.0 Å². The summed E-state index contributed by atoms with van der Waals surface area (Å²) in [4.78, 5) is 27.6. The van der Waals surface area contributed by atoms with Gasteiger partial charge in [-0.2, -0.15) is 0 Å². The minimum absolute atomic E-state index is 0.0412. The van der Waals surface area contributed by atoms with Crippen LogP contribution in [0.4, 0.5) is 15.8 Å². The third kappa shape index (κ3) is 4.01. The summed E-state index contributed by atoms with van der Waals surface area (Å²) < 4.78 is 15.9. The number of amides is 2. The standard InChI is InChI=1S/C26H19ClFN3O2/c27-24-14-13-20-16-31(23-8-4-1-5-18(23)15-30(20)24)26(33)17-9-11-19(12-10-17)29-25(32)21-6-2-3-7-22(21)28/h1-14H,15-16H2,(H,29,32). The molecule has 0 aliphatic carbocycles. The maximum absolute atomic E-state index is 13.9. The zero-order chi connectivity index (χ0) is 22.9. The van der Waals surface area contributed by atoms with Crippen LogP contribution in [0.25, 0.3) is 0 Å². The van der Waals surface area contributed by atoms with Crippen LogP contribution in [0.5, 0.6) is 0 Å². The molecule has 0 bridgehead atoms. The van der Waals surface area contributed by atoms with Crippen molar-refractivity contribution >= 4 is 34.8 Å². The molecule has 2 heterocycles. The number of aromatic nitrogens is 1. The Morgan fingerprint density at radius 1 is 0.848 bits per heavy atom. The van der Waals surface area contributed by atoms with Gasteiger partial charge in [-0.05, 0) is 60.2 Å². The molecular weight excluding hydrogens is 441 g/mol. The number of carbonyl (C=O) groups excluding carboxylic acids is 2. The fourth-order valence-electron chi connectivity index (χ4n) is 4.00. The lowest BCUT2D eigenvalue weighted by molar-refractivity contribution is 0.0983. The molecule has 0 spiro atoms. The second-order valence-corrected chi connectivity index (χ2v) is 8.15. The molecule has 0 atom stereocenters. The molecule has 7 heteroatoms. The van der Waals surface area contributed by atoms with Gasteiger partial charge in [0.05, 0.1) is 18.7 Å². The summed E-state index contributed by atoms with van der Waals surface area (Å²) in [7, 11) is 0. The fraction of sp³-hybridized carbons (Fsp3) is 0.0769. The first-order chi connectivity index (χ1) is 16.0. The Labute approximate surface area is 195 Å². The summed E-state index contributed by atoms with van der Waals surface area (Å²) in [5.74, 6) is -1.31. The van der Waals surface area contributed by atoms with Gasteiger partial charge in [0.15, 0.2) is 0 Å². The number of halogens is 2. The molecule has 5 nitrogen and oxygen atoms in total. The Hall–Kier alpha value is -3.90. The van der Waals surface area contributed by atoms with Crippen LogP contribution in [-0.4, -0.2) is 16.4 Å². The van der Waals surface area contributed by atoms with E-state index in [4.69, 9.17) is 11.6 Å².